The smallest absolute Gasteiger partial charge is 0.335 e. The Hall–Kier alpha value is -1.59. The van der Waals surface area contributed by atoms with Gasteiger partial charge in [-0.3, -0.25) is 0 Å². The minimum Gasteiger partial charge on any atom is -0.492 e. The lowest BCUT2D eigenvalue weighted by Crippen LogP contribution is -2.40. The molecule has 0 saturated carbocycles. The van der Waals surface area contributed by atoms with Crippen LogP contribution in [-0.2, 0) is 0 Å². The number of rotatable bonds is 9. The standard InChI is InChI=1S/C15H23NO4/c1-3-15(19,4-2)11-16-9-10-20-13-7-5-12(6-8-13)14(17)18/h5-8,16,19H,3-4,9-11H2,1-2H3,(H,17,18). The third-order valence-electron chi connectivity index (χ3n) is 3.42. The molecule has 0 bridgehead atoms. The summed E-state index contributed by atoms with van der Waals surface area (Å²) in [5, 5.41) is 22.0. The van der Waals surface area contributed by atoms with Crippen LogP contribution in [0.2, 0.25) is 0 Å². The van der Waals surface area contributed by atoms with E-state index in [1.807, 2.05) is 13.8 Å². The maximum Gasteiger partial charge on any atom is 0.335 e. The maximum atomic E-state index is 10.7. The van der Waals surface area contributed by atoms with E-state index in [2.05, 4.69) is 5.32 Å². The van der Waals surface area contributed by atoms with E-state index in [-0.39, 0.29) is 5.56 Å². The Balaban J connectivity index is 2.26. The van der Waals surface area contributed by atoms with Gasteiger partial charge in [-0.05, 0) is 37.1 Å². The zero-order valence-corrected chi connectivity index (χ0v) is 12.1. The van der Waals surface area contributed by atoms with Gasteiger partial charge in [0.25, 0.3) is 0 Å². The molecule has 0 aliphatic heterocycles. The average molecular weight is 281 g/mol. The minimum atomic E-state index is -0.948. The molecule has 3 N–H and O–H groups in total. The number of benzene rings is 1. The van der Waals surface area contributed by atoms with Gasteiger partial charge in [0.1, 0.15) is 12.4 Å². The Kier molecular flexibility index (Phi) is 6.48. The number of hydrogen-bond donors (Lipinski definition) is 3. The Morgan fingerprint density at radius 3 is 2.35 bits per heavy atom. The highest BCUT2D eigenvalue weighted by molar-refractivity contribution is 5.87. The molecule has 5 nitrogen and oxygen atoms in total. The van der Waals surface area contributed by atoms with Crippen LogP contribution in [0.1, 0.15) is 37.0 Å². The van der Waals surface area contributed by atoms with Gasteiger partial charge in [-0.25, -0.2) is 4.79 Å². The van der Waals surface area contributed by atoms with Gasteiger partial charge in [0, 0.05) is 13.1 Å². The second-order valence-corrected chi connectivity index (χ2v) is 4.79. The summed E-state index contributed by atoms with van der Waals surface area (Å²) in [7, 11) is 0. The fourth-order valence-corrected chi connectivity index (χ4v) is 1.76. The first-order valence-electron chi connectivity index (χ1n) is 6.90. The molecule has 0 aliphatic carbocycles. The predicted molar refractivity (Wildman–Crippen MR) is 77.3 cm³/mol. The van der Waals surface area contributed by atoms with Crippen molar-refractivity contribution >= 4 is 5.97 Å². The zero-order chi connectivity index (χ0) is 15.0. The summed E-state index contributed by atoms with van der Waals surface area (Å²) in [6.45, 7) is 5.57. The second-order valence-electron chi connectivity index (χ2n) is 4.79. The molecule has 5 heteroatoms. The summed E-state index contributed by atoms with van der Waals surface area (Å²) in [6, 6.07) is 6.30. The van der Waals surface area contributed by atoms with Crippen molar-refractivity contribution in [1.29, 1.82) is 0 Å². The SMILES string of the molecule is CCC(O)(CC)CNCCOc1ccc(C(=O)O)cc1. The first-order valence-corrected chi connectivity index (χ1v) is 6.90. The van der Waals surface area contributed by atoms with E-state index in [1.165, 1.54) is 12.1 Å². The van der Waals surface area contributed by atoms with Crippen LogP contribution in [-0.4, -0.2) is 41.5 Å². The molecule has 0 amide bonds. The van der Waals surface area contributed by atoms with Gasteiger partial charge >= 0.3 is 5.97 Å². The molecule has 0 spiro atoms. The summed E-state index contributed by atoms with van der Waals surface area (Å²) in [6.07, 6.45) is 1.43. The van der Waals surface area contributed by atoms with E-state index in [0.717, 1.165) is 0 Å². The van der Waals surface area contributed by atoms with Crippen LogP contribution in [0.15, 0.2) is 24.3 Å². The number of nitrogens with one attached hydrogen (secondary N) is 1. The largest absolute Gasteiger partial charge is 0.492 e. The van der Waals surface area contributed by atoms with Gasteiger partial charge in [-0.2, -0.15) is 0 Å². The molecule has 20 heavy (non-hydrogen) atoms. The third kappa shape index (κ3) is 5.19. The molecule has 0 saturated heterocycles. The molecule has 112 valence electrons. The topological polar surface area (TPSA) is 78.8 Å². The molecular weight excluding hydrogens is 258 g/mol. The van der Waals surface area contributed by atoms with Crippen LogP contribution in [0.25, 0.3) is 0 Å². The van der Waals surface area contributed by atoms with Crippen molar-refractivity contribution in [3.63, 3.8) is 0 Å². The Labute approximate surface area is 119 Å². The number of hydrogen-bond acceptors (Lipinski definition) is 4. The number of carbonyl (C=O) groups is 1. The summed E-state index contributed by atoms with van der Waals surface area (Å²) in [4.78, 5) is 10.7. The molecule has 1 aromatic carbocycles. The summed E-state index contributed by atoms with van der Waals surface area (Å²) in [5.41, 5.74) is -0.408. The summed E-state index contributed by atoms with van der Waals surface area (Å²) < 4.78 is 5.49. The molecule has 1 rings (SSSR count). The van der Waals surface area contributed by atoms with Crippen molar-refractivity contribution in [1.82, 2.24) is 5.32 Å². The van der Waals surface area contributed by atoms with Crippen LogP contribution in [0, 0.1) is 0 Å². The Morgan fingerprint density at radius 2 is 1.85 bits per heavy atom. The van der Waals surface area contributed by atoms with Gasteiger partial charge < -0.3 is 20.3 Å². The van der Waals surface area contributed by atoms with Crippen LogP contribution in [0.5, 0.6) is 5.75 Å². The van der Waals surface area contributed by atoms with E-state index >= 15 is 0 Å². The fraction of sp³-hybridized carbons (Fsp3) is 0.533. The highest BCUT2D eigenvalue weighted by Crippen LogP contribution is 2.13. The minimum absolute atomic E-state index is 0.242. The second kappa shape index (κ2) is 7.87. The molecule has 1 aromatic rings. The van der Waals surface area contributed by atoms with Crippen molar-refractivity contribution in [2.45, 2.75) is 32.3 Å². The fourth-order valence-electron chi connectivity index (χ4n) is 1.76. The van der Waals surface area contributed by atoms with E-state index in [9.17, 15) is 9.90 Å². The zero-order valence-electron chi connectivity index (χ0n) is 12.1. The molecule has 0 heterocycles. The number of ether oxygens (including phenoxy) is 1. The third-order valence-corrected chi connectivity index (χ3v) is 3.42. The molecule has 0 fully saturated rings. The molecule has 0 atom stereocenters. The monoisotopic (exact) mass is 281 g/mol. The average Bonchev–Trinajstić information content (AvgIpc) is 2.47. The van der Waals surface area contributed by atoms with Gasteiger partial charge in [-0.15, -0.1) is 0 Å². The molecular formula is C15H23NO4. The molecule has 0 aromatic heterocycles. The number of carboxylic acids is 1. The normalized spacial score (nSPS) is 11.3. The maximum absolute atomic E-state index is 10.7. The first-order chi connectivity index (χ1) is 9.50. The van der Waals surface area contributed by atoms with E-state index in [0.29, 0.717) is 38.3 Å². The van der Waals surface area contributed by atoms with Crippen LogP contribution in [0.3, 0.4) is 0 Å². The lowest BCUT2D eigenvalue weighted by molar-refractivity contribution is 0.0320. The summed E-state index contributed by atoms with van der Waals surface area (Å²) in [5.74, 6) is -0.310. The van der Waals surface area contributed by atoms with Gasteiger partial charge in [-0.1, -0.05) is 13.8 Å². The first kappa shape index (κ1) is 16.5. The van der Waals surface area contributed by atoms with Gasteiger partial charge in [0.15, 0.2) is 0 Å². The molecule has 0 aliphatic rings. The highest BCUT2D eigenvalue weighted by Gasteiger charge is 2.20. The van der Waals surface area contributed by atoms with Crippen molar-refractivity contribution < 1.29 is 19.7 Å². The van der Waals surface area contributed by atoms with Crippen LogP contribution in [0.4, 0.5) is 0 Å². The molecule has 0 unspecified atom stereocenters. The van der Waals surface area contributed by atoms with E-state index in [4.69, 9.17) is 9.84 Å². The van der Waals surface area contributed by atoms with Gasteiger partial charge in [0.05, 0.1) is 11.2 Å². The summed E-state index contributed by atoms with van der Waals surface area (Å²) >= 11 is 0. The number of carboxylic acid groups (broad SMARTS) is 1. The number of aromatic carboxylic acids is 1. The van der Waals surface area contributed by atoms with Gasteiger partial charge in [0.2, 0.25) is 0 Å². The molecule has 0 radical (unpaired) electrons. The van der Waals surface area contributed by atoms with Crippen LogP contribution < -0.4 is 10.1 Å². The van der Waals surface area contributed by atoms with Crippen molar-refractivity contribution in [2.75, 3.05) is 19.7 Å². The predicted octanol–water partition coefficient (Wildman–Crippen LogP) is 1.90. The van der Waals surface area contributed by atoms with E-state index < -0.39 is 11.6 Å². The van der Waals surface area contributed by atoms with Crippen molar-refractivity contribution in [2.24, 2.45) is 0 Å². The Bertz CT molecular complexity index is 412. The quantitative estimate of drug-likeness (QED) is 0.603. The van der Waals surface area contributed by atoms with Crippen molar-refractivity contribution in [3.8, 4) is 5.75 Å². The Morgan fingerprint density at radius 1 is 1.25 bits per heavy atom. The van der Waals surface area contributed by atoms with E-state index in [1.54, 1.807) is 12.1 Å². The lowest BCUT2D eigenvalue weighted by atomic mass is 9.98. The number of aliphatic hydroxyl groups is 1. The van der Waals surface area contributed by atoms with Crippen molar-refractivity contribution in [3.05, 3.63) is 29.8 Å². The van der Waals surface area contributed by atoms with Crippen LogP contribution >= 0.6 is 0 Å². The lowest BCUT2D eigenvalue weighted by Gasteiger charge is -2.25. The highest BCUT2D eigenvalue weighted by atomic mass is 16.5.